The summed E-state index contributed by atoms with van der Waals surface area (Å²) < 4.78 is 5.02. The summed E-state index contributed by atoms with van der Waals surface area (Å²) in [6.07, 6.45) is 5.02. The summed E-state index contributed by atoms with van der Waals surface area (Å²) in [5.74, 6) is 0.782. The number of hydrogen-bond acceptors (Lipinski definition) is 1. The lowest BCUT2D eigenvalue weighted by atomic mass is 10.2. The fourth-order valence-electron chi connectivity index (χ4n) is 0.665. The van der Waals surface area contributed by atoms with Crippen molar-refractivity contribution in [2.75, 3.05) is 0 Å². The minimum Gasteiger partial charge on any atom is -0.464 e. The summed E-state index contributed by atoms with van der Waals surface area (Å²) in [7, 11) is 0. The first-order valence-corrected chi connectivity index (χ1v) is 2.71. The van der Waals surface area contributed by atoms with Gasteiger partial charge in [0.05, 0.1) is 6.26 Å². The van der Waals surface area contributed by atoms with Crippen LogP contribution in [-0.4, -0.2) is 0 Å². The second-order valence-electron chi connectivity index (χ2n) is 1.65. The van der Waals surface area contributed by atoms with Crippen LogP contribution in [0.25, 0.3) is 12.2 Å². The molecular formula is C8H8O. The van der Waals surface area contributed by atoms with Crippen molar-refractivity contribution in [1.29, 1.82) is 0 Å². The summed E-state index contributed by atoms with van der Waals surface area (Å²) in [6, 6.07) is 1.85. The van der Waals surface area contributed by atoms with Crippen molar-refractivity contribution in [3.63, 3.8) is 0 Å². The van der Waals surface area contributed by atoms with Crippen molar-refractivity contribution in [3.05, 3.63) is 36.8 Å². The van der Waals surface area contributed by atoms with Crippen LogP contribution in [0.4, 0.5) is 0 Å². The minimum absolute atomic E-state index is 0.782. The van der Waals surface area contributed by atoms with Crippen LogP contribution in [0, 0.1) is 0 Å². The zero-order valence-electron chi connectivity index (χ0n) is 5.13. The first-order valence-electron chi connectivity index (χ1n) is 2.71. The molecule has 0 spiro atoms. The molecule has 9 heavy (non-hydrogen) atoms. The monoisotopic (exact) mass is 120 g/mol. The van der Waals surface area contributed by atoms with Crippen LogP contribution in [0.2, 0.25) is 0 Å². The van der Waals surface area contributed by atoms with E-state index in [1.807, 2.05) is 6.07 Å². The van der Waals surface area contributed by atoms with E-state index in [1.165, 1.54) is 0 Å². The average molecular weight is 120 g/mol. The van der Waals surface area contributed by atoms with Gasteiger partial charge in [0.1, 0.15) is 5.76 Å². The van der Waals surface area contributed by atoms with Gasteiger partial charge in [-0.05, 0) is 12.1 Å². The van der Waals surface area contributed by atoms with E-state index in [0.29, 0.717) is 0 Å². The molecule has 46 valence electrons. The molecule has 0 aliphatic carbocycles. The molecule has 0 saturated heterocycles. The Balaban J connectivity index is 3.12. The number of hydrogen-bond donors (Lipinski definition) is 0. The van der Waals surface area contributed by atoms with Crippen LogP contribution in [0.3, 0.4) is 0 Å². The first kappa shape index (κ1) is 5.89. The molecule has 0 radical (unpaired) electrons. The van der Waals surface area contributed by atoms with Crippen LogP contribution in [-0.2, 0) is 0 Å². The molecule has 0 aliphatic heterocycles. The predicted octanol–water partition coefficient (Wildman–Crippen LogP) is 2.57. The van der Waals surface area contributed by atoms with Gasteiger partial charge in [-0.15, -0.1) is 0 Å². The third-order valence-electron chi connectivity index (χ3n) is 1.13. The van der Waals surface area contributed by atoms with E-state index >= 15 is 0 Å². The maximum absolute atomic E-state index is 5.02. The summed E-state index contributed by atoms with van der Waals surface area (Å²) in [4.78, 5) is 0. The fraction of sp³-hybridized carbons (Fsp3) is 0. The second-order valence-corrected chi connectivity index (χ2v) is 1.65. The summed E-state index contributed by atoms with van der Waals surface area (Å²) in [6.45, 7) is 7.17. The summed E-state index contributed by atoms with van der Waals surface area (Å²) >= 11 is 0. The van der Waals surface area contributed by atoms with Crippen molar-refractivity contribution >= 4 is 12.2 Å². The van der Waals surface area contributed by atoms with Gasteiger partial charge < -0.3 is 4.42 Å². The van der Waals surface area contributed by atoms with Crippen molar-refractivity contribution in [3.8, 4) is 0 Å². The van der Waals surface area contributed by atoms with E-state index in [0.717, 1.165) is 11.3 Å². The minimum atomic E-state index is 0.782. The van der Waals surface area contributed by atoms with E-state index in [1.54, 1.807) is 18.4 Å². The van der Waals surface area contributed by atoms with Crippen LogP contribution in [0.1, 0.15) is 11.3 Å². The van der Waals surface area contributed by atoms with Gasteiger partial charge in [0.25, 0.3) is 0 Å². The molecule has 1 nitrogen and oxygen atoms in total. The van der Waals surface area contributed by atoms with Crippen LogP contribution >= 0.6 is 0 Å². The van der Waals surface area contributed by atoms with Crippen molar-refractivity contribution in [2.45, 2.75) is 0 Å². The topological polar surface area (TPSA) is 13.1 Å². The van der Waals surface area contributed by atoms with Gasteiger partial charge in [-0.2, -0.15) is 0 Å². The van der Waals surface area contributed by atoms with E-state index in [2.05, 4.69) is 13.2 Å². The van der Waals surface area contributed by atoms with Gasteiger partial charge in [-0.25, -0.2) is 0 Å². The molecule has 0 fully saturated rings. The van der Waals surface area contributed by atoms with E-state index in [9.17, 15) is 0 Å². The lowest BCUT2D eigenvalue weighted by Gasteiger charge is -1.84. The maximum atomic E-state index is 5.02. The molecule has 0 amide bonds. The Labute approximate surface area is 54.3 Å². The Hall–Kier alpha value is -1.24. The first-order chi connectivity index (χ1) is 4.38. The average Bonchev–Trinajstić information content (AvgIpc) is 2.33. The van der Waals surface area contributed by atoms with Crippen molar-refractivity contribution in [2.24, 2.45) is 0 Å². The molecule has 0 saturated carbocycles. The molecule has 0 N–H and O–H groups in total. The predicted molar refractivity (Wildman–Crippen MR) is 38.9 cm³/mol. The Bertz CT molecular complexity index is 198. The third kappa shape index (κ3) is 0.941. The molecular weight excluding hydrogens is 112 g/mol. The Morgan fingerprint density at radius 1 is 1.33 bits per heavy atom. The van der Waals surface area contributed by atoms with Crippen LogP contribution in [0.15, 0.2) is 29.9 Å². The largest absolute Gasteiger partial charge is 0.464 e. The van der Waals surface area contributed by atoms with Crippen molar-refractivity contribution < 1.29 is 4.42 Å². The highest BCUT2D eigenvalue weighted by molar-refractivity contribution is 5.58. The van der Waals surface area contributed by atoms with Gasteiger partial charge in [-0.1, -0.05) is 19.2 Å². The van der Waals surface area contributed by atoms with Gasteiger partial charge in [-0.3, -0.25) is 0 Å². The molecule has 0 aromatic carbocycles. The molecule has 0 unspecified atom stereocenters. The highest BCUT2D eigenvalue weighted by Gasteiger charge is 1.94. The fourth-order valence-corrected chi connectivity index (χ4v) is 0.665. The lowest BCUT2D eigenvalue weighted by Crippen LogP contribution is -1.66. The molecule has 1 heterocycles. The van der Waals surface area contributed by atoms with Crippen molar-refractivity contribution in [1.82, 2.24) is 0 Å². The number of rotatable bonds is 2. The Morgan fingerprint density at radius 2 is 2.11 bits per heavy atom. The zero-order valence-corrected chi connectivity index (χ0v) is 5.13. The molecule has 0 bridgehead atoms. The smallest absolute Gasteiger partial charge is 0.133 e. The molecule has 1 heteroatoms. The van der Waals surface area contributed by atoms with E-state index in [-0.39, 0.29) is 0 Å². The lowest BCUT2D eigenvalue weighted by molar-refractivity contribution is 0.556. The van der Waals surface area contributed by atoms with Crippen LogP contribution < -0.4 is 0 Å². The van der Waals surface area contributed by atoms with Gasteiger partial charge in [0.15, 0.2) is 0 Å². The van der Waals surface area contributed by atoms with E-state index < -0.39 is 0 Å². The Morgan fingerprint density at radius 3 is 2.56 bits per heavy atom. The second kappa shape index (κ2) is 2.35. The summed E-state index contributed by atoms with van der Waals surface area (Å²) in [5.41, 5.74) is 0.991. The molecule has 0 aliphatic rings. The Kier molecular flexibility index (Phi) is 1.54. The van der Waals surface area contributed by atoms with Gasteiger partial charge >= 0.3 is 0 Å². The van der Waals surface area contributed by atoms with Gasteiger partial charge in [0, 0.05) is 5.56 Å². The molecule has 0 atom stereocenters. The quantitative estimate of drug-likeness (QED) is 0.584. The molecule has 1 rings (SSSR count). The third-order valence-corrected chi connectivity index (χ3v) is 1.13. The van der Waals surface area contributed by atoms with E-state index in [4.69, 9.17) is 4.42 Å². The number of furan rings is 1. The normalized spacial score (nSPS) is 8.89. The highest BCUT2D eigenvalue weighted by Crippen LogP contribution is 2.11. The zero-order chi connectivity index (χ0) is 6.69. The molecule has 1 aromatic rings. The SMILES string of the molecule is C=Cc1ccoc1C=C. The van der Waals surface area contributed by atoms with Gasteiger partial charge in [0.2, 0.25) is 0 Å². The highest BCUT2D eigenvalue weighted by atomic mass is 16.3. The molecule has 1 aromatic heterocycles. The standard InChI is InChI=1S/C8H8O/c1-3-7-5-6-9-8(7)4-2/h3-6H,1-2H2. The maximum Gasteiger partial charge on any atom is 0.133 e. The summed E-state index contributed by atoms with van der Waals surface area (Å²) in [5, 5.41) is 0. The van der Waals surface area contributed by atoms with Crippen LogP contribution in [0.5, 0.6) is 0 Å².